The summed E-state index contributed by atoms with van der Waals surface area (Å²) >= 11 is 0. The van der Waals surface area contributed by atoms with Crippen molar-refractivity contribution < 1.29 is 59.3 Å². The van der Waals surface area contributed by atoms with Crippen LogP contribution in [-0.4, -0.2) is 110 Å². The van der Waals surface area contributed by atoms with E-state index in [-0.39, 0.29) is 0 Å². The van der Waals surface area contributed by atoms with Gasteiger partial charge in [-0.15, -0.1) is 0 Å². The van der Waals surface area contributed by atoms with Gasteiger partial charge in [-0.05, 0) is 30.4 Å². The lowest BCUT2D eigenvalue weighted by Crippen LogP contribution is -2.79. The molecule has 0 aliphatic carbocycles. The van der Waals surface area contributed by atoms with E-state index >= 15 is 0 Å². The van der Waals surface area contributed by atoms with Gasteiger partial charge in [-0.2, -0.15) is 0 Å². The van der Waals surface area contributed by atoms with E-state index in [1.807, 2.05) is 0 Å². The highest BCUT2D eigenvalue weighted by molar-refractivity contribution is 6.25. The Hall–Kier alpha value is -3.23. The number of hydrogen-bond donors (Lipinski definition) is 6. The van der Waals surface area contributed by atoms with E-state index < -0.39 is 90.1 Å². The minimum Gasteiger partial charge on any atom is -0.396 e. The van der Waals surface area contributed by atoms with Gasteiger partial charge in [0, 0.05) is 0 Å². The second-order valence-corrected chi connectivity index (χ2v) is 8.10. The molecular formula is C25H32O12. The highest BCUT2D eigenvalue weighted by Gasteiger charge is 2.76. The summed E-state index contributed by atoms with van der Waals surface area (Å²) in [6.45, 7) is 10.1. The molecule has 0 saturated carbocycles. The maximum Gasteiger partial charge on any atom is 0.203 e. The first-order chi connectivity index (χ1) is 17.2. The zero-order valence-corrected chi connectivity index (χ0v) is 20.2. The normalized spacial score (nSPS) is 13.1. The summed E-state index contributed by atoms with van der Waals surface area (Å²) in [5.41, 5.74) is -13.2. The first-order valence-electron chi connectivity index (χ1n) is 10.6. The van der Waals surface area contributed by atoms with Gasteiger partial charge in [0.2, 0.25) is 11.2 Å². The molecule has 37 heavy (non-hydrogen) atoms. The quantitative estimate of drug-likeness (QED) is 0.0723. The maximum atomic E-state index is 13.1. The largest absolute Gasteiger partial charge is 0.396 e. The van der Waals surface area contributed by atoms with E-state index in [2.05, 4.69) is 32.9 Å². The van der Waals surface area contributed by atoms with Crippen LogP contribution in [-0.2, 0) is 28.7 Å². The van der Waals surface area contributed by atoms with Crippen molar-refractivity contribution in [3.8, 4) is 0 Å². The number of carbonyl (C=O) groups is 5. The molecular weight excluding hydrogens is 492 g/mol. The second-order valence-electron chi connectivity index (χ2n) is 8.10. The lowest BCUT2D eigenvalue weighted by atomic mass is 9.52. The predicted octanol–water partition coefficient (Wildman–Crippen LogP) is -2.45. The molecule has 12 nitrogen and oxygen atoms in total. The van der Waals surface area contributed by atoms with Crippen LogP contribution < -0.4 is 0 Å². The number of aliphatic hydroxyl groups excluding tert-OH is 4. The molecule has 0 amide bonds. The lowest BCUT2D eigenvalue weighted by Gasteiger charge is -2.53. The van der Waals surface area contributed by atoms with E-state index in [1.54, 1.807) is 0 Å². The Bertz CT molecular complexity index is 874. The Balaban J connectivity index is 8.22. The summed E-state index contributed by atoms with van der Waals surface area (Å²) in [5.74, 6) is -8.16. The Kier molecular flexibility index (Phi) is 12.2. The minimum absolute atomic E-state index is 0.359. The van der Waals surface area contributed by atoms with Crippen molar-refractivity contribution in [1.82, 2.24) is 0 Å². The minimum atomic E-state index is -3.83. The molecule has 0 rings (SSSR count). The summed E-state index contributed by atoms with van der Waals surface area (Å²) in [5, 5.41) is 62.9. The van der Waals surface area contributed by atoms with Gasteiger partial charge in [-0.3, -0.25) is 24.0 Å². The van der Waals surface area contributed by atoms with Gasteiger partial charge in [-0.1, -0.05) is 32.9 Å². The SMILES string of the molecule is C=CC(=O)C(OCC(CO)(CO)CO)C(CO)(C(O)(C(=O)C=C)C(=O)C=C)C(O)(C(=O)C=C)C(=O)C=C. The van der Waals surface area contributed by atoms with Crippen LogP contribution in [0, 0.1) is 10.8 Å². The Labute approximate surface area is 213 Å². The summed E-state index contributed by atoms with van der Waals surface area (Å²) in [7, 11) is 0. The van der Waals surface area contributed by atoms with Crippen molar-refractivity contribution >= 4 is 28.9 Å². The third-order valence-electron chi connectivity index (χ3n) is 6.18. The third-order valence-corrected chi connectivity index (χ3v) is 6.18. The first-order valence-corrected chi connectivity index (χ1v) is 10.6. The Morgan fingerprint density at radius 2 is 0.946 bits per heavy atom. The average Bonchev–Trinajstić information content (AvgIpc) is 2.94. The highest BCUT2D eigenvalue weighted by Crippen LogP contribution is 2.49. The molecule has 1 atom stereocenters. The lowest BCUT2D eigenvalue weighted by molar-refractivity contribution is -0.238. The number of hydrogen-bond acceptors (Lipinski definition) is 12. The molecule has 0 radical (unpaired) electrons. The molecule has 0 aromatic carbocycles. The van der Waals surface area contributed by atoms with Crippen molar-refractivity contribution in [2.75, 3.05) is 33.0 Å². The highest BCUT2D eigenvalue weighted by atomic mass is 16.5. The summed E-state index contributed by atoms with van der Waals surface area (Å²) in [6, 6.07) is 0. The molecule has 1 unspecified atom stereocenters. The zero-order chi connectivity index (χ0) is 29.2. The van der Waals surface area contributed by atoms with Crippen molar-refractivity contribution in [1.29, 1.82) is 0 Å². The molecule has 0 saturated heterocycles. The van der Waals surface area contributed by atoms with Gasteiger partial charge < -0.3 is 35.4 Å². The van der Waals surface area contributed by atoms with Crippen molar-refractivity contribution in [3.63, 3.8) is 0 Å². The monoisotopic (exact) mass is 524 g/mol. The van der Waals surface area contributed by atoms with Crippen LogP contribution in [0.25, 0.3) is 0 Å². The van der Waals surface area contributed by atoms with Gasteiger partial charge >= 0.3 is 0 Å². The summed E-state index contributed by atoms with van der Waals surface area (Å²) in [6.07, 6.45) is -0.720. The number of ether oxygens (including phenoxy) is 1. The molecule has 204 valence electrons. The van der Waals surface area contributed by atoms with Crippen LogP contribution in [0.2, 0.25) is 0 Å². The van der Waals surface area contributed by atoms with Gasteiger partial charge in [0.25, 0.3) is 0 Å². The number of ketones is 5. The van der Waals surface area contributed by atoms with Crippen molar-refractivity contribution in [3.05, 3.63) is 63.3 Å². The predicted molar refractivity (Wildman–Crippen MR) is 129 cm³/mol. The third kappa shape index (κ3) is 5.26. The molecule has 0 aromatic heterocycles. The molecule has 0 aliphatic heterocycles. The summed E-state index contributed by atoms with van der Waals surface area (Å²) < 4.78 is 5.43. The van der Waals surface area contributed by atoms with Crippen LogP contribution in [0.1, 0.15) is 0 Å². The van der Waals surface area contributed by atoms with Crippen LogP contribution in [0.15, 0.2) is 63.3 Å². The van der Waals surface area contributed by atoms with Gasteiger partial charge in [0.1, 0.15) is 11.5 Å². The van der Waals surface area contributed by atoms with Crippen LogP contribution >= 0.6 is 0 Å². The van der Waals surface area contributed by atoms with E-state index in [0.29, 0.717) is 30.4 Å². The zero-order valence-electron chi connectivity index (χ0n) is 20.2. The van der Waals surface area contributed by atoms with E-state index in [1.165, 1.54) is 0 Å². The fourth-order valence-corrected chi connectivity index (χ4v) is 3.79. The van der Waals surface area contributed by atoms with Gasteiger partial charge in [0.15, 0.2) is 28.9 Å². The van der Waals surface area contributed by atoms with Crippen molar-refractivity contribution in [2.45, 2.75) is 17.3 Å². The molecule has 0 aliphatic rings. The Morgan fingerprint density at radius 1 is 0.622 bits per heavy atom. The van der Waals surface area contributed by atoms with E-state index in [4.69, 9.17) is 4.74 Å². The molecule has 12 heteroatoms. The standard InChI is InChI=1S/C25H32O12/c1-6-16(30)21(37-15-22(11-26,12-27)13-28)23(14-29,24(35,17(31)7-2)18(32)8-3)25(36,19(33)9-4)20(34)10-5/h6-10,21,26-29,35-36H,1-5,11-15H2. The van der Waals surface area contributed by atoms with Gasteiger partial charge in [-0.25, -0.2) is 0 Å². The van der Waals surface area contributed by atoms with Crippen molar-refractivity contribution in [2.24, 2.45) is 10.8 Å². The number of aliphatic hydroxyl groups is 6. The molecule has 0 fully saturated rings. The van der Waals surface area contributed by atoms with Crippen LogP contribution in [0.4, 0.5) is 0 Å². The first kappa shape index (κ1) is 33.8. The number of carbonyl (C=O) groups excluding carboxylic acids is 5. The maximum absolute atomic E-state index is 13.1. The molecule has 0 aromatic rings. The van der Waals surface area contributed by atoms with E-state index in [9.17, 15) is 54.6 Å². The molecule has 6 N–H and O–H groups in total. The fraction of sp³-hybridized carbons (Fsp3) is 0.400. The molecule has 0 spiro atoms. The van der Waals surface area contributed by atoms with Crippen LogP contribution in [0.5, 0.6) is 0 Å². The number of rotatable bonds is 20. The topological polar surface area (TPSA) is 216 Å². The summed E-state index contributed by atoms with van der Waals surface area (Å²) in [4.78, 5) is 65.3. The second kappa shape index (κ2) is 13.4. The Morgan fingerprint density at radius 3 is 1.16 bits per heavy atom. The van der Waals surface area contributed by atoms with E-state index in [0.717, 1.165) is 0 Å². The van der Waals surface area contributed by atoms with Gasteiger partial charge in [0.05, 0.1) is 38.4 Å². The smallest absolute Gasteiger partial charge is 0.203 e. The molecule has 0 heterocycles. The average molecular weight is 525 g/mol. The molecule has 0 bridgehead atoms. The van der Waals surface area contributed by atoms with Crippen LogP contribution in [0.3, 0.4) is 0 Å². The fourth-order valence-electron chi connectivity index (χ4n) is 3.79.